The molecular weight excluding hydrogens is 350 g/mol. The normalized spacial score (nSPS) is 22.8. The van der Waals surface area contributed by atoms with E-state index in [-0.39, 0.29) is 29.9 Å². The zero-order valence-corrected chi connectivity index (χ0v) is 17.1. The molecule has 0 aromatic carbocycles. The molecule has 2 amide bonds. The Balaban J connectivity index is 1.93. The smallest absolute Gasteiger partial charge is 0.223 e. The van der Waals surface area contributed by atoms with Crippen LogP contribution in [0.15, 0.2) is 0 Å². The summed E-state index contributed by atoms with van der Waals surface area (Å²) in [5.41, 5.74) is 0.984. The summed E-state index contributed by atoms with van der Waals surface area (Å²) in [6.07, 6.45) is 3.61. The van der Waals surface area contributed by atoms with Crippen LogP contribution in [0.2, 0.25) is 0 Å². The van der Waals surface area contributed by atoms with Gasteiger partial charge in [-0.2, -0.15) is 0 Å². The number of amides is 2. The number of hydrogen-bond donors (Lipinski definition) is 2. The summed E-state index contributed by atoms with van der Waals surface area (Å²) < 4.78 is 5.91. The van der Waals surface area contributed by atoms with Crippen LogP contribution in [-0.4, -0.2) is 35.6 Å². The maximum absolute atomic E-state index is 12.6. The van der Waals surface area contributed by atoms with Crippen molar-refractivity contribution in [2.75, 3.05) is 6.61 Å². The first kappa shape index (κ1) is 20.8. The predicted molar refractivity (Wildman–Crippen MR) is 103 cm³/mol. The van der Waals surface area contributed by atoms with E-state index in [0.717, 1.165) is 34.8 Å². The summed E-state index contributed by atoms with van der Waals surface area (Å²) in [5.74, 6) is -0.0231. The van der Waals surface area contributed by atoms with E-state index < -0.39 is 0 Å². The Morgan fingerprint density at radius 2 is 2.04 bits per heavy atom. The lowest BCUT2D eigenvalue weighted by Gasteiger charge is -2.36. The van der Waals surface area contributed by atoms with Crippen LogP contribution in [0.3, 0.4) is 0 Å². The summed E-state index contributed by atoms with van der Waals surface area (Å²) >= 11 is 1.62. The van der Waals surface area contributed by atoms with E-state index in [1.165, 1.54) is 0 Å². The fraction of sp³-hybridized carbons (Fsp3) is 0.737. The number of aryl methyl sites for hydroxylation is 2. The van der Waals surface area contributed by atoms with Crippen molar-refractivity contribution in [3.63, 3.8) is 0 Å². The average Bonchev–Trinajstić information content (AvgIpc) is 2.95. The van der Waals surface area contributed by atoms with Gasteiger partial charge < -0.3 is 15.4 Å². The molecule has 26 heavy (non-hydrogen) atoms. The quantitative estimate of drug-likeness (QED) is 0.726. The van der Waals surface area contributed by atoms with Crippen LogP contribution in [0.25, 0.3) is 0 Å². The fourth-order valence-electron chi connectivity index (χ4n) is 3.36. The topological polar surface area (TPSA) is 80.3 Å². The Kier molecular flexibility index (Phi) is 8.03. The lowest BCUT2D eigenvalue weighted by molar-refractivity contribution is -0.130. The van der Waals surface area contributed by atoms with E-state index in [9.17, 15) is 9.59 Å². The van der Waals surface area contributed by atoms with Gasteiger partial charge in [0.1, 0.15) is 0 Å². The van der Waals surface area contributed by atoms with Crippen molar-refractivity contribution in [3.8, 4) is 0 Å². The Labute approximate surface area is 160 Å². The zero-order chi connectivity index (χ0) is 19.1. The van der Waals surface area contributed by atoms with Gasteiger partial charge in [-0.1, -0.05) is 13.8 Å². The molecule has 3 atom stereocenters. The molecule has 0 saturated heterocycles. The molecule has 6 nitrogen and oxygen atoms in total. The Hall–Kier alpha value is -1.47. The molecule has 2 rings (SSSR count). The third-order valence-electron chi connectivity index (χ3n) is 4.78. The first-order valence-corrected chi connectivity index (χ1v) is 10.4. The molecule has 0 unspecified atom stereocenters. The first-order valence-electron chi connectivity index (χ1n) is 9.56. The summed E-state index contributed by atoms with van der Waals surface area (Å²) in [7, 11) is 0. The van der Waals surface area contributed by atoms with Crippen LogP contribution in [0.1, 0.15) is 61.5 Å². The van der Waals surface area contributed by atoms with Crippen LogP contribution >= 0.6 is 11.3 Å². The molecule has 1 saturated carbocycles. The van der Waals surface area contributed by atoms with Crippen molar-refractivity contribution in [3.05, 3.63) is 15.6 Å². The second-order valence-electron chi connectivity index (χ2n) is 6.91. The second kappa shape index (κ2) is 10.0. The van der Waals surface area contributed by atoms with Crippen LogP contribution in [0.4, 0.5) is 0 Å². The van der Waals surface area contributed by atoms with E-state index in [1.54, 1.807) is 11.3 Å². The zero-order valence-electron chi connectivity index (χ0n) is 16.3. The van der Waals surface area contributed by atoms with Gasteiger partial charge in [0.25, 0.3) is 0 Å². The summed E-state index contributed by atoms with van der Waals surface area (Å²) in [6, 6.07) is -0.0918. The van der Waals surface area contributed by atoms with Crippen molar-refractivity contribution >= 4 is 23.2 Å². The number of carbonyl (C=O) groups is 2. The highest BCUT2D eigenvalue weighted by Gasteiger charge is 2.35. The molecule has 1 heterocycles. The summed E-state index contributed by atoms with van der Waals surface area (Å²) in [4.78, 5) is 30.0. The largest absolute Gasteiger partial charge is 0.376 e. The van der Waals surface area contributed by atoms with Crippen LogP contribution in [-0.2, 0) is 20.9 Å². The van der Waals surface area contributed by atoms with E-state index in [1.807, 2.05) is 20.8 Å². The van der Waals surface area contributed by atoms with Crippen LogP contribution < -0.4 is 10.6 Å². The lowest BCUT2D eigenvalue weighted by atomic mass is 9.83. The minimum absolute atomic E-state index is 0.000824. The van der Waals surface area contributed by atoms with Crippen LogP contribution in [0.5, 0.6) is 0 Å². The number of thiazole rings is 1. The predicted octanol–water partition coefficient (Wildman–Crippen LogP) is 2.87. The Morgan fingerprint density at radius 3 is 2.65 bits per heavy atom. The maximum Gasteiger partial charge on any atom is 0.223 e. The van der Waals surface area contributed by atoms with Gasteiger partial charge in [-0.25, -0.2) is 4.98 Å². The molecule has 0 aliphatic heterocycles. The van der Waals surface area contributed by atoms with E-state index in [0.29, 0.717) is 26.0 Å². The SMILES string of the molecule is CCCO[C@@H]1CC[C@H](C(=O)NCc2sc(C)nc2C)C[C@H]1NC(=O)CC. The first-order chi connectivity index (χ1) is 12.4. The van der Waals surface area contributed by atoms with Crippen molar-refractivity contribution in [2.24, 2.45) is 5.92 Å². The lowest BCUT2D eigenvalue weighted by Crippen LogP contribution is -2.50. The monoisotopic (exact) mass is 381 g/mol. The molecule has 2 N–H and O–H groups in total. The second-order valence-corrected chi connectivity index (χ2v) is 8.19. The van der Waals surface area contributed by atoms with Crippen LogP contribution in [0, 0.1) is 19.8 Å². The highest BCUT2D eigenvalue weighted by Crippen LogP contribution is 2.28. The molecule has 0 bridgehead atoms. The molecule has 1 fully saturated rings. The molecule has 146 valence electrons. The number of nitrogens with one attached hydrogen (secondary N) is 2. The third kappa shape index (κ3) is 5.77. The summed E-state index contributed by atoms with van der Waals surface area (Å²) in [6.45, 7) is 9.06. The molecule has 0 spiro atoms. The third-order valence-corrected chi connectivity index (χ3v) is 5.86. The highest BCUT2D eigenvalue weighted by molar-refractivity contribution is 7.11. The van der Waals surface area contributed by atoms with Gasteiger partial charge in [-0.3, -0.25) is 9.59 Å². The molecule has 7 heteroatoms. The number of hydrogen-bond acceptors (Lipinski definition) is 5. The van der Waals surface area contributed by atoms with E-state index in [4.69, 9.17) is 4.74 Å². The number of rotatable bonds is 8. The van der Waals surface area contributed by atoms with Gasteiger partial charge >= 0.3 is 0 Å². The fourth-order valence-corrected chi connectivity index (χ4v) is 4.24. The van der Waals surface area contributed by atoms with Gasteiger partial charge in [0, 0.05) is 23.8 Å². The molecular formula is C19H31N3O3S. The number of nitrogens with zero attached hydrogens (tertiary/aromatic N) is 1. The Morgan fingerprint density at radius 1 is 1.27 bits per heavy atom. The highest BCUT2D eigenvalue weighted by atomic mass is 32.1. The average molecular weight is 382 g/mol. The maximum atomic E-state index is 12.6. The van der Waals surface area contributed by atoms with Gasteiger partial charge in [0.05, 0.1) is 29.4 Å². The number of aromatic nitrogens is 1. The van der Waals surface area contributed by atoms with Crippen molar-refractivity contribution in [1.82, 2.24) is 15.6 Å². The summed E-state index contributed by atoms with van der Waals surface area (Å²) in [5, 5.41) is 7.11. The van der Waals surface area contributed by atoms with Crippen molar-refractivity contribution in [1.29, 1.82) is 0 Å². The van der Waals surface area contributed by atoms with Crippen molar-refractivity contribution < 1.29 is 14.3 Å². The minimum atomic E-state index is -0.0918. The number of ether oxygens (including phenoxy) is 1. The van der Waals surface area contributed by atoms with Gasteiger partial charge in [-0.15, -0.1) is 11.3 Å². The molecule has 1 aromatic rings. The molecule has 1 aliphatic carbocycles. The molecule has 1 aromatic heterocycles. The Bertz CT molecular complexity index is 617. The number of carbonyl (C=O) groups excluding carboxylic acids is 2. The molecule has 0 radical (unpaired) electrons. The van der Waals surface area contributed by atoms with Crippen molar-refractivity contribution in [2.45, 2.75) is 78.5 Å². The van der Waals surface area contributed by atoms with Gasteiger partial charge in [-0.05, 0) is 39.5 Å². The van der Waals surface area contributed by atoms with Gasteiger partial charge in [0.15, 0.2) is 0 Å². The van der Waals surface area contributed by atoms with Gasteiger partial charge in [0.2, 0.25) is 11.8 Å². The minimum Gasteiger partial charge on any atom is -0.376 e. The molecule has 1 aliphatic rings. The van der Waals surface area contributed by atoms with E-state index in [2.05, 4.69) is 22.5 Å². The standard InChI is InChI=1S/C19H31N3O3S/c1-5-9-25-16-8-7-14(10-15(16)22-18(23)6-2)19(24)20-11-17-12(3)21-13(4)26-17/h14-16H,5-11H2,1-4H3,(H,20,24)(H,22,23)/t14-,15+,16+/m0/s1. The van der Waals surface area contributed by atoms with E-state index >= 15 is 0 Å².